The standard InChI is InChI=1S/C13H26N2O2/c1-11-13(16,5-7-17-11)10-14-8-12-4-3-6-15(2)9-12/h11-12,14,16H,3-10H2,1-2H3. The van der Waals surface area contributed by atoms with E-state index in [2.05, 4.69) is 17.3 Å². The fourth-order valence-electron chi connectivity index (χ4n) is 2.94. The van der Waals surface area contributed by atoms with Crippen molar-refractivity contribution in [2.45, 2.75) is 37.9 Å². The molecule has 2 fully saturated rings. The van der Waals surface area contributed by atoms with Crippen molar-refractivity contribution in [2.75, 3.05) is 39.8 Å². The number of likely N-dealkylation sites (tertiary alicyclic amines) is 1. The molecule has 2 heterocycles. The van der Waals surface area contributed by atoms with Gasteiger partial charge in [-0.05, 0) is 45.8 Å². The number of nitrogens with zero attached hydrogens (tertiary/aromatic N) is 1. The summed E-state index contributed by atoms with van der Waals surface area (Å²) < 4.78 is 5.43. The van der Waals surface area contributed by atoms with Crippen LogP contribution < -0.4 is 5.32 Å². The highest BCUT2D eigenvalue weighted by atomic mass is 16.5. The van der Waals surface area contributed by atoms with Crippen molar-refractivity contribution >= 4 is 0 Å². The van der Waals surface area contributed by atoms with Crippen LogP contribution >= 0.6 is 0 Å². The third kappa shape index (κ3) is 3.41. The first kappa shape index (κ1) is 13.3. The van der Waals surface area contributed by atoms with Gasteiger partial charge in [0.25, 0.3) is 0 Å². The van der Waals surface area contributed by atoms with Gasteiger partial charge < -0.3 is 20.1 Å². The average Bonchev–Trinajstić information content (AvgIpc) is 2.60. The van der Waals surface area contributed by atoms with E-state index in [9.17, 15) is 5.11 Å². The molecule has 0 spiro atoms. The fourth-order valence-corrected chi connectivity index (χ4v) is 2.94. The Hall–Kier alpha value is -0.160. The molecule has 2 aliphatic rings. The second kappa shape index (κ2) is 5.65. The molecule has 0 aliphatic carbocycles. The molecule has 100 valence electrons. The van der Waals surface area contributed by atoms with E-state index >= 15 is 0 Å². The van der Waals surface area contributed by atoms with Gasteiger partial charge in [0.05, 0.1) is 6.10 Å². The number of piperidine rings is 1. The van der Waals surface area contributed by atoms with Crippen LogP contribution in [0.2, 0.25) is 0 Å². The van der Waals surface area contributed by atoms with Gasteiger partial charge in [-0.15, -0.1) is 0 Å². The smallest absolute Gasteiger partial charge is 0.105 e. The van der Waals surface area contributed by atoms with E-state index in [0.717, 1.165) is 18.9 Å². The highest BCUT2D eigenvalue weighted by Gasteiger charge is 2.39. The highest BCUT2D eigenvalue weighted by molar-refractivity contribution is 4.91. The van der Waals surface area contributed by atoms with Crippen molar-refractivity contribution in [3.8, 4) is 0 Å². The normalized spacial score (nSPS) is 39.7. The Balaban J connectivity index is 1.68. The molecule has 3 atom stereocenters. The Labute approximate surface area is 104 Å². The summed E-state index contributed by atoms with van der Waals surface area (Å²) in [6, 6.07) is 0. The van der Waals surface area contributed by atoms with E-state index in [0.29, 0.717) is 13.2 Å². The third-order valence-electron chi connectivity index (χ3n) is 4.25. The van der Waals surface area contributed by atoms with Crippen LogP contribution in [0.15, 0.2) is 0 Å². The molecular formula is C13H26N2O2. The lowest BCUT2D eigenvalue weighted by Crippen LogP contribution is -2.48. The Morgan fingerprint density at radius 1 is 1.53 bits per heavy atom. The number of hydrogen-bond donors (Lipinski definition) is 2. The van der Waals surface area contributed by atoms with Crippen molar-refractivity contribution in [3.63, 3.8) is 0 Å². The predicted molar refractivity (Wildman–Crippen MR) is 68.1 cm³/mol. The summed E-state index contributed by atoms with van der Waals surface area (Å²) in [5.41, 5.74) is -0.652. The van der Waals surface area contributed by atoms with Gasteiger partial charge in [-0.2, -0.15) is 0 Å². The van der Waals surface area contributed by atoms with Crippen molar-refractivity contribution in [2.24, 2.45) is 5.92 Å². The van der Waals surface area contributed by atoms with E-state index in [4.69, 9.17) is 4.74 Å². The molecule has 0 aromatic heterocycles. The maximum Gasteiger partial charge on any atom is 0.105 e. The second-order valence-electron chi connectivity index (χ2n) is 5.77. The molecule has 2 aliphatic heterocycles. The summed E-state index contributed by atoms with van der Waals surface area (Å²) in [5.74, 6) is 0.731. The fraction of sp³-hybridized carbons (Fsp3) is 1.00. The minimum Gasteiger partial charge on any atom is -0.386 e. The molecular weight excluding hydrogens is 216 g/mol. The molecule has 4 nitrogen and oxygen atoms in total. The van der Waals surface area contributed by atoms with Crippen LogP contribution in [0.3, 0.4) is 0 Å². The van der Waals surface area contributed by atoms with Gasteiger partial charge in [0, 0.05) is 26.1 Å². The number of ether oxygens (including phenoxy) is 1. The molecule has 2 rings (SSSR count). The van der Waals surface area contributed by atoms with Gasteiger partial charge in [-0.25, -0.2) is 0 Å². The number of nitrogens with one attached hydrogen (secondary N) is 1. The molecule has 0 saturated carbocycles. The van der Waals surface area contributed by atoms with Crippen molar-refractivity contribution in [1.82, 2.24) is 10.2 Å². The van der Waals surface area contributed by atoms with E-state index in [1.54, 1.807) is 0 Å². The first-order valence-electron chi connectivity index (χ1n) is 6.83. The zero-order chi connectivity index (χ0) is 12.3. The van der Waals surface area contributed by atoms with Gasteiger partial charge >= 0.3 is 0 Å². The third-order valence-corrected chi connectivity index (χ3v) is 4.25. The molecule has 0 radical (unpaired) electrons. The number of hydrogen-bond acceptors (Lipinski definition) is 4. The maximum absolute atomic E-state index is 10.3. The molecule has 0 amide bonds. The van der Waals surface area contributed by atoms with Gasteiger partial charge in [0.2, 0.25) is 0 Å². The molecule has 17 heavy (non-hydrogen) atoms. The summed E-state index contributed by atoms with van der Waals surface area (Å²) in [6.45, 7) is 6.73. The van der Waals surface area contributed by atoms with E-state index in [1.807, 2.05) is 6.92 Å². The molecule has 0 aromatic rings. The Morgan fingerprint density at radius 2 is 2.35 bits per heavy atom. The Kier molecular flexibility index (Phi) is 4.42. The topological polar surface area (TPSA) is 44.7 Å². The quantitative estimate of drug-likeness (QED) is 0.752. The summed E-state index contributed by atoms with van der Waals surface area (Å²) in [6.07, 6.45) is 3.32. The van der Waals surface area contributed by atoms with Crippen molar-refractivity contribution in [3.05, 3.63) is 0 Å². The molecule has 2 N–H and O–H groups in total. The molecule has 3 unspecified atom stereocenters. The predicted octanol–water partition coefficient (Wildman–Crippen LogP) is 0.458. The highest BCUT2D eigenvalue weighted by Crippen LogP contribution is 2.25. The maximum atomic E-state index is 10.3. The first-order valence-corrected chi connectivity index (χ1v) is 6.83. The largest absolute Gasteiger partial charge is 0.386 e. The van der Waals surface area contributed by atoms with Crippen LogP contribution in [-0.2, 0) is 4.74 Å². The van der Waals surface area contributed by atoms with Gasteiger partial charge in [0.1, 0.15) is 5.60 Å². The van der Waals surface area contributed by atoms with Gasteiger partial charge in [-0.3, -0.25) is 0 Å². The van der Waals surface area contributed by atoms with Crippen molar-refractivity contribution < 1.29 is 9.84 Å². The van der Waals surface area contributed by atoms with Crippen LogP contribution in [0.4, 0.5) is 0 Å². The first-order chi connectivity index (χ1) is 8.10. The van der Waals surface area contributed by atoms with Crippen LogP contribution in [-0.4, -0.2) is 61.5 Å². The number of aliphatic hydroxyl groups is 1. The summed E-state index contributed by atoms with van der Waals surface area (Å²) >= 11 is 0. The zero-order valence-corrected chi connectivity index (χ0v) is 11.1. The molecule has 2 saturated heterocycles. The van der Waals surface area contributed by atoms with E-state index < -0.39 is 5.60 Å². The lowest BCUT2D eigenvalue weighted by Gasteiger charge is -2.31. The van der Waals surface area contributed by atoms with Gasteiger partial charge in [0.15, 0.2) is 0 Å². The minimum absolute atomic E-state index is 0.0379. The lowest BCUT2D eigenvalue weighted by molar-refractivity contribution is -0.0268. The molecule has 4 heteroatoms. The molecule has 0 aromatic carbocycles. The van der Waals surface area contributed by atoms with Crippen LogP contribution in [0.25, 0.3) is 0 Å². The number of rotatable bonds is 4. The second-order valence-corrected chi connectivity index (χ2v) is 5.77. The van der Waals surface area contributed by atoms with Crippen molar-refractivity contribution in [1.29, 1.82) is 0 Å². The molecule has 0 bridgehead atoms. The lowest BCUT2D eigenvalue weighted by atomic mass is 9.95. The van der Waals surface area contributed by atoms with E-state index in [-0.39, 0.29) is 6.10 Å². The SMILES string of the molecule is CC1OCCC1(O)CNCC1CCCN(C)C1. The van der Waals surface area contributed by atoms with Crippen LogP contribution in [0.1, 0.15) is 26.2 Å². The zero-order valence-electron chi connectivity index (χ0n) is 11.1. The summed E-state index contributed by atoms with van der Waals surface area (Å²) in [4.78, 5) is 2.39. The average molecular weight is 242 g/mol. The Bertz CT molecular complexity index is 250. The minimum atomic E-state index is -0.652. The monoisotopic (exact) mass is 242 g/mol. The summed E-state index contributed by atoms with van der Waals surface area (Å²) in [5, 5.41) is 13.8. The van der Waals surface area contributed by atoms with Crippen LogP contribution in [0, 0.1) is 5.92 Å². The van der Waals surface area contributed by atoms with Crippen LogP contribution in [0.5, 0.6) is 0 Å². The Morgan fingerprint density at radius 3 is 3.00 bits per heavy atom. The van der Waals surface area contributed by atoms with E-state index in [1.165, 1.54) is 25.9 Å². The summed E-state index contributed by atoms with van der Waals surface area (Å²) in [7, 11) is 2.19. The van der Waals surface area contributed by atoms with Gasteiger partial charge in [-0.1, -0.05) is 0 Å².